The number of carbonyl (C=O) groups excluding carboxylic acids is 3. The summed E-state index contributed by atoms with van der Waals surface area (Å²) in [6.07, 6.45) is 1.38. The van der Waals surface area contributed by atoms with Gasteiger partial charge in [-0.1, -0.05) is 33.6 Å². The zero-order valence-corrected chi connectivity index (χ0v) is 17.6. The summed E-state index contributed by atoms with van der Waals surface area (Å²) in [7, 11) is 0. The standard InChI is InChI=1S/C22H21BrN2O4/c1-13-4-7-19-17(11-13)18(8-10-29-19)24-20(26)3-2-9-25-21(27)15-6-5-14(23)12-16(15)22(25)28/h4-7,11-12,18H,2-3,8-10H2,1H3,(H,24,26). The smallest absolute Gasteiger partial charge is 0.261 e. The lowest BCUT2D eigenvalue weighted by Gasteiger charge is -2.27. The predicted molar refractivity (Wildman–Crippen MR) is 111 cm³/mol. The monoisotopic (exact) mass is 456 g/mol. The van der Waals surface area contributed by atoms with E-state index >= 15 is 0 Å². The molecule has 0 bridgehead atoms. The number of rotatable bonds is 5. The number of halogens is 1. The van der Waals surface area contributed by atoms with E-state index in [1.165, 1.54) is 4.90 Å². The Bertz CT molecular complexity index is 1000. The van der Waals surface area contributed by atoms with Crippen molar-refractivity contribution in [2.75, 3.05) is 13.2 Å². The van der Waals surface area contributed by atoms with Gasteiger partial charge in [-0.2, -0.15) is 0 Å². The minimum atomic E-state index is -0.305. The van der Waals surface area contributed by atoms with Crippen LogP contribution in [0.15, 0.2) is 40.9 Å². The van der Waals surface area contributed by atoms with Gasteiger partial charge >= 0.3 is 0 Å². The van der Waals surface area contributed by atoms with Crippen LogP contribution in [0.5, 0.6) is 5.75 Å². The van der Waals surface area contributed by atoms with Crippen molar-refractivity contribution in [1.82, 2.24) is 10.2 Å². The van der Waals surface area contributed by atoms with Crippen molar-refractivity contribution in [3.05, 3.63) is 63.1 Å². The first-order valence-corrected chi connectivity index (χ1v) is 10.4. The zero-order chi connectivity index (χ0) is 20.5. The van der Waals surface area contributed by atoms with Gasteiger partial charge in [0.1, 0.15) is 5.75 Å². The minimum Gasteiger partial charge on any atom is -0.493 e. The van der Waals surface area contributed by atoms with E-state index in [0.29, 0.717) is 24.2 Å². The van der Waals surface area contributed by atoms with Gasteiger partial charge in [-0.25, -0.2) is 0 Å². The molecule has 0 saturated heterocycles. The maximum absolute atomic E-state index is 12.5. The fraction of sp³-hybridized carbons (Fsp3) is 0.318. The molecule has 7 heteroatoms. The molecule has 0 spiro atoms. The molecule has 0 fully saturated rings. The molecule has 1 unspecified atom stereocenters. The molecule has 2 aliphatic rings. The molecule has 3 amide bonds. The van der Waals surface area contributed by atoms with Crippen molar-refractivity contribution in [2.45, 2.75) is 32.2 Å². The lowest BCUT2D eigenvalue weighted by atomic mass is 9.98. The van der Waals surface area contributed by atoms with Gasteiger partial charge in [-0.15, -0.1) is 0 Å². The normalized spacial score (nSPS) is 17.6. The van der Waals surface area contributed by atoms with Gasteiger partial charge in [0.25, 0.3) is 11.8 Å². The third kappa shape index (κ3) is 3.92. The van der Waals surface area contributed by atoms with Crippen LogP contribution in [0.1, 0.15) is 57.1 Å². The summed E-state index contributed by atoms with van der Waals surface area (Å²) in [6, 6.07) is 10.9. The van der Waals surface area contributed by atoms with Gasteiger partial charge in [0.15, 0.2) is 0 Å². The van der Waals surface area contributed by atoms with Crippen LogP contribution in [-0.4, -0.2) is 35.8 Å². The SMILES string of the molecule is Cc1ccc2c(c1)C(NC(=O)CCCN1C(=O)c3ccc(Br)cc3C1=O)CCO2. The molecule has 0 aromatic heterocycles. The van der Waals surface area contributed by atoms with E-state index in [9.17, 15) is 14.4 Å². The molecule has 150 valence electrons. The van der Waals surface area contributed by atoms with Gasteiger partial charge in [0, 0.05) is 29.4 Å². The third-order valence-corrected chi connectivity index (χ3v) is 5.75. The van der Waals surface area contributed by atoms with Crippen molar-refractivity contribution in [3.63, 3.8) is 0 Å². The molecule has 4 rings (SSSR count). The van der Waals surface area contributed by atoms with Crippen LogP contribution >= 0.6 is 15.9 Å². The molecule has 2 aliphatic heterocycles. The molecule has 2 heterocycles. The number of carbonyl (C=O) groups is 3. The highest BCUT2D eigenvalue weighted by Crippen LogP contribution is 2.32. The average Bonchev–Trinajstić information content (AvgIpc) is 2.92. The molecular formula is C22H21BrN2O4. The zero-order valence-electron chi connectivity index (χ0n) is 16.0. The summed E-state index contributed by atoms with van der Waals surface area (Å²) in [5, 5.41) is 3.06. The van der Waals surface area contributed by atoms with E-state index < -0.39 is 0 Å². The molecule has 1 atom stereocenters. The fourth-order valence-corrected chi connectivity index (χ4v) is 4.16. The van der Waals surface area contributed by atoms with E-state index in [-0.39, 0.29) is 36.7 Å². The fourth-order valence-electron chi connectivity index (χ4n) is 3.79. The Hall–Kier alpha value is -2.67. The number of hydrogen-bond acceptors (Lipinski definition) is 4. The number of aryl methyl sites for hydroxylation is 1. The first-order chi connectivity index (χ1) is 13.9. The van der Waals surface area contributed by atoms with Gasteiger partial charge in [0.2, 0.25) is 5.91 Å². The van der Waals surface area contributed by atoms with Gasteiger partial charge in [-0.3, -0.25) is 19.3 Å². The molecule has 0 aliphatic carbocycles. The Balaban J connectivity index is 1.33. The highest BCUT2D eigenvalue weighted by molar-refractivity contribution is 9.10. The van der Waals surface area contributed by atoms with E-state index in [1.54, 1.807) is 18.2 Å². The number of nitrogens with zero attached hydrogens (tertiary/aromatic N) is 1. The lowest BCUT2D eigenvalue weighted by molar-refractivity contribution is -0.122. The average molecular weight is 457 g/mol. The first-order valence-electron chi connectivity index (χ1n) is 9.62. The predicted octanol–water partition coefficient (Wildman–Crippen LogP) is 3.77. The molecule has 2 aromatic rings. The Morgan fingerprint density at radius 1 is 1.17 bits per heavy atom. The molecule has 1 N–H and O–H groups in total. The first kappa shape index (κ1) is 19.6. The number of hydrogen-bond donors (Lipinski definition) is 1. The quantitative estimate of drug-likeness (QED) is 0.694. The van der Waals surface area contributed by atoms with Crippen LogP contribution in [0, 0.1) is 6.92 Å². The van der Waals surface area contributed by atoms with Crippen molar-refractivity contribution in [3.8, 4) is 5.75 Å². The number of benzene rings is 2. The van der Waals surface area contributed by atoms with Crippen molar-refractivity contribution in [1.29, 1.82) is 0 Å². The van der Waals surface area contributed by atoms with Crippen molar-refractivity contribution < 1.29 is 19.1 Å². The Labute approximate surface area is 177 Å². The third-order valence-electron chi connectivity index (χ3n) is 5.26. The Kier molecular flexibility index (Phi) is 5.41. The Morgan fingerprint density at radius 2 is 1.97 bits per heavy atom. The van der Waals surface area contributed by atoms with Crippen molar-refractivity contribution in [2.24, 2.45) is 0 Å². The van der Waals surface area contributed by atoms with Crippen LogP contribution in [0.25, 0.3) is 0 Å². The maximum Gasteiger partial charge on any atom is 0.261 e. The van der Waals surface area contributed by atoms with Crippen LogP contribution in [0.3, 0.4) is 0 Å². The second kappa shape index (κ2) is 7.99. The van der Waals surface area contributed by atoms with Crippen LogP contribution in [-0.2, 0) is 4.79 Å². The number of fused-ring (bicyclic) bond motifs is 2. The largest absolute Gasteiger partial charge is 0.493 e. The number of amides is 3. The molecule has 29 heavy (non-hydrogen) atoms. The highest BCUT2D eigenvalue weighted by atomic mass is 79.9. The number of imide groups is 1. The molecule has 6 nitrogen and oxygen atoms in total. The van der Waals surface area contributed by atoms with Gasteiger partial charge in [0.05, 0.1) is 23.8 Å². The van der Waals surface area contributed by atoms with Crippen LogP contribution in [0.2, 0.25) is 0 Å². The van der Waals surface area contributed by atoms with Crippen molar-refractivity contribution >= 4 is 33.7 Å². The van der Waals surface area contributed by atoms with E-state index in [0.717, 1.165) is 27.8 Å². The summed E-state index contributed by atoms with van der Waals surface area (Å²) < 4.78 is 6.42. The van der Waals surface area contributed by atoms with E-state index in [2.05, 4.69) is 21.2 Å². The number of ether oxygens (including phenoxy) is 1. The summed E-state index contributed by atoms with van der Waals surface area (Å²) in [5.41, 5.74) is 2.93. The van der Waals surface area contributed by atoms with E-state index in [1.807, 2.05) is 25.1 Å². The summed E-state index contributed by atoms with van der Waals surface area (Å²) in [5.74, 6) is 0.111. The molecule has 2 aromatic carbocycles. The second-order valence-corrected chi connectivity index (χ2v) is 8.27. The summed E-state index contributed by atoms with van der Waals surface area (Å²) in [4.78, 5) is 38.6. The van der Waals surface area contributed by atoms with Gasteiger partial charge < -0.3 is 10.1 Å². The topological polar surface area (TPSA) is 75.7 Å². The molecule has 0 saturated carbocycles. The van der Waals surface area contributed by atoms with E-state index in [4.69, 9.17) is 4.74 Å². The lowest BCUT2D eigenvalue weighted by Crippen LogP contribution is -2.34. The van der Waals surface area contributed by atoms with Gasteiger partial charge in [-0.05, 0) is 37.6 Å². The maximum atomic E-state index is 12.5. The molecule has 0 radical (unpaired) electrons. The molecular weight excluding hydrogens is 436 g/mol. The summed E-state index contributed by atoms with van der Waals surface area (Å²) >= 11 is 3.32. The van der Waals surface area contributed by atoms with Crippen LogP contribution in [0.4, 0.5) is 0 Å². The minimum absolute atomic E-state index is 0.0807. The Morgan fingerprint density at radius 3 is 2.79 bits per heavy atom. The van der Waals surface area contributed by atoms with Crippen LogP contribution < -0.4 is 10.1 Å². The summed E-state index contributed by atoms with van der Waals surface area (Å²) in [6.45, 7) is 2.79. The highest BCUT2D eigenvalue weighted by Gasteiger charge is 2.35. The number of nitrogens with one attached hydrogen (secondary N) is 1. The second-order valence-electron chi connectivity index (χ2n) is 7.35.